The Morgan fingerprint density at radius 2 is 1.89 bits per heavy atom. The van der Waals surface area contributed by atoms with E-state index in [1.807, 2.05) is 6.07 Å². The Kier molecular flexibility index (Phi) is 4.59. The lowest BCUT2D eigenvalue weighted by Crippen LogP contribution is -2.26. The molecule has 1 aromatic carbocycles. The number of alkyl halides is 2. The Morgan fingerprint density at radius 1 is 1.22 bits per heavy atom. The molecule has 3 rings (SSSR count). The van der Waals surface area contributed by atoms with Crippen LogP contribution in [0.4, 0.5) is 13.6 Å². The first-order valence-electron chi connectivity index (χ1n) is 8.45. The fourth-order valence-corrected chi connectivity index (χ4v) is 2.76. The van der Waals surface area contributed by atoms with Crippen LogP contribution in [0.25, 0.3) is 22.0 Å². The zero-order valence-corrected chi connectivity index (χ0v) is 15.5. The van der Waals surface area contributed by atoms with Crippen LogP contribution >= 0.6 is 0 Å². The number of nitrogens with zero attached hydrogens (tertiary/aromatic N) is 1. The van der Waals surface area contributed by atoms with Gasteiger partial charge in [-0.2, -0.15) is 0 Å². The molecule has 0 saturated heterocycles. The first kappa shape index (κ1) is 19.1. The molecular weight excluding hydrogens is 356 g/mol. The number of furan rings is 1. The summed E-state index contributed by atoms with van der Waals surface area (Å²) in [5.41, 5.74) is 1.04. The average molecular weight is 377 g/mol. The van der Waals surface area contributed by atoms with Crippen molar-refractivity contribution in [2.45, 2.75) is 45.3 Å². The van der Waals surface area contributed by atoms with Gasteiger partial charge in [-0.15, -0.1) is 0 Å². The van der Waals surface area contributed by atoms with Gasteiger partial charge in [-0.3, -0.25) is 4.57 Å². The van der Waals surface area contributed by atoms with Crippen molar-refractivity contribution in [1.29, 1.82) is 0 Å². The van der Waals surface area contributed by atoms with Gasteiger partial charge >= 0.3 is 6.09 Å². The van der Waals surface area contributed by atoms with Crippen molar-refractivity contribution >= 4 is 17.0 Å². The van der Waals surface area contributed by atoms with Gasteiger partial charge in [-0.25, -0.2) is 13.6 Å². The fourth-order valence-electron chi connectivity index (χ4n) is 2.76. The lowest BCUT2D eigenvalue weighted by atomic mass is 10.1. The number of benzene rings is 1. The summed E-state index contributed by atoms with van der Waals surface area (Å²) >= 11 is 0. The standard InChI is InChI=1S/C20H21F2NO4/c1-19(2,3)27-18(25)23-10-14(13-7-5-6-8-15(13)23)12-9-16(26-11-12)17(24)20(4,21)22/h5-11,17,24H,1-4H3. The number of hydrogen-bond donors (Lipinski definition) is 1. The molecule has 0 amide bonds. The highest BCUT2D eigenvalue weighted by molar-refractivity contribution is 6.00. The highest BCUT2D eigenvalue weighted by Crippen LogP contribution is 2.36. The van der Waals surface area contributed by atoms with Gasteiger partial charge in [-0.1, -0.05) is 18.2 Å². The first-order valence-corrected chi connectivity index (χ1v) is 8.45. The molecule has 1 unspecified atom stereocenters. The second-order valence-corrected chi connectivity index (χ2v) is 7.51. The maximum atomic E-state index is 13.4. The molecule has 27 heavy (non-hydrogen) atoms. The second kappa shape index (κ2) is 6.49. The fraction of sp³-hybridized carbons (Fsp3) is 0.350. The number of rotatable bonds is 3. The van der Waals surface area contributed by atoms with E-state index in [4.69, 9.17) is 9.15 Å². The summed E-state index contributed by atoms with van der Waals surface area (Å²) < 4.78 is 38.7. The van der Waals surface area contributed by atoms with E-state index in [2.05, 4.69) is 0 Å². The number of ether oxygens (including phenoxy) is 1. The summed E-state index contributed by atoms with van der Waals surface area (Å²) in [6.45, 7) is 5.93. The first-order chi connectivity index (χ1) is 12.5. The topological polar surface area (TPSA) is 64.6 Å². The number of halogens is 2. The molecule has 0 fully saturated rings. The third kappa shape index (κ3) is 3.88. The van der Waals surface area contributed by atoms with Crippen LogP contribution in [0.5, 0.6) is 0 Å². The van der Waals surface area contributed by atoms with E-state index < -0.39 is 23.7 Å². The molecule has 1 N–H and O–H groups in total. The minimum atomic E-state index is -3.33. The molecule has 0 spiro atoms. The molecule has 0 aliphatic heterocycles. The van der Waals surface area contributed by atoms with Gasteiger partial charge < -0.3 is 14.3 Å². The van der Waals surface area contributed by atoms with Crippen molar-refractivity contribution in [2.24, 2.45) is 0 Å². The van der Waals surface area contributed by atoms with Crippen LogP contribution in [-0.2, 0) is 4.74 Å². The normalized spacial score (nSPS) is 13.7. The van der Waals surface area contributed by atoms with Crippen molar-refractivity contribution in [3.8, 4) is 11.1 Å². The molecule has 0 aliphatic rings. The molecule has 7 heteroatoms. The van der Waals surface area contributed by atoms with Crippen LogP contribution in [0.1, 0.15) is 39.6 Å². The lowest BCUT2D eigenvalue weighted by Gasteiger charge is -2.19. The number of para-hydroxylation sites is 1. The van der Waals surface area contributed by atoms with Crippen LogP contribution in [0, 0.1) is 0 Å². The Bertz CT molecular complexity index is 976. The maximum Gasteiger partial charge on any atom is 0.419 e. The number of aromatic nitrogens is 1. The van der Waals surface area contributed by atoms with Gasteiger partial charge in [-0.05, 0) is 32.9 Å². The number of carbonyl (C=O) groups excluding carboxylic acids is 1. The van der Waals surface area contributed by atoms with Gasteiger partial charge in [0.15, 0.2) is 6.10 Å². The van der Waals surface area contributed by atoms with Gasteiger partial charge in [0.05, 0.1) is 11.8 Å². The molecule has 0 bridgehead atoms. The monoisotopic (exact) mass is 377 g/mol. The van der Waals surface area contributed by atoms with Crippen LogP contribution in [-0.4, -0.2) is 27.3 Å². The van der Waals surface area contributed by atoms with Crippen molar-refractivity contribution < 1.29 is 27.8 Å². The molecule has 0 radical (unpaired) electrons. The maximum absolute atomic E-state index is 13.4. The second-order valence-electron chi connectivity index (χ2n) is 7.51. The van der Waals surface area contributed by atoms with Crippen LogP contribution in [0.2, 0.25) is 0 Å². The van der Waals surface area contributed by atoms with Gasteiger partial charge in [0.25, 0.3) is 5.92 Å². The summed E-state index contributed by atoms with van der Waals surface area (Å²) in [6, 6.07) is 8.52. The SMILES string of the molecule is CC(C)(C)OC(=O)n1cc(-c2coc(C(O)C(C)(F)F)c2)c2ccccc21. The Balaban J connectivity index is 2.06. The number of aliphatic hydroxyl groups is 1. The summed E-state index contributed by atoms with van der Waals surface area (Å²) in [6.07, 6.45) is 0.259. The van der Waals surface area contributed by atoms with Crippen LogP contribution in [0.15, 0.2) is 47.2 Å². The molecule has 0 aliphatic carbocycles. The van der Waals surface area contributed by atoms with Crippen molar-refractivity contribution in [2.75, 3.05) is 0 Å². The molecular formula is C20H21F2NO4. The minimum absolute atomic E-state index is 0.244. The number of aliphatic hydroxyl groups excluding tert-OH is 1. The summed E-state index contributed by atoms with van der Waals surface area (Å²) in [5, 5.41) is 10.5. The van der Waals surface area contributed by atoms with E-state index in [9.17, 15) is 18.7 Å². The van der Waals surface area contributed by atoms with E-state index in [1.54, 1.807) is 45.2 Å². The third-order valence-corrected chi connectivity index (χ3v) is 3.98. The summed E-state index contributed by atoms with van der Waals surface area (Å²) in [7, 11) is 0. The number of carbonyl (C=O) groups is 1. The average Bonchev–Trinajstić information content (AvgIpc) is 3.16. The molecule has 144 valence electrons. The van der Waals surface area contributed by atoms with E-state index in [0.29, 0.717) is 23.6 Å². The van der Waals surface area contributed by atoms with Crippen LogP contribution in [0.3, 0.4) is 0 Å². The lowest BCUT2D eigenvalue weighted by molar-refractivity contribution is -0.104. The van der Waals surface area contributed by atoms with E-state index in [0.717, 1.165) is 5.39 Å². The molecule has 0 saturated carbocycles. The van der Waals surface area contributed by atoms with E-state index in [-0.39, 0.29) is 5.76 Å². The highest BCUT2D eigenvalue weighted by Gasteiger charge is 2.36. The predicted octanol–water partition coefficient (Wildman–Crippen LogP) is 5.37. The van der Waals surface area contributed by atoms with Crippen molar-refractivity contribution in [3.63, 3.8) is 0 Å². The van der Waals surface area contributed by atoms with Crippen molar-refractivity contribution in [1.82, 2.24) is 4.57 Å². The van der Waals surface area contributed by atoms with Crippen molar-refractivity contribution in [3.05, 3.63) is 48.6 Å². The highest BCUT2D eigenvalue weighted by atomic mass is 19.3. The molecule has 1 atom stereocenters. The molecule has 5 nitrogen and oxygen atoms in total. The molecule has 2 aromatic heterocycles. The zero-order valence-electron chi connectivity index (χ0n) is 15.5. The predicted molar refractivity (Wildman–Crippen MR) is 96.9 cm³/mol. The quantitative estimate of drug-likeness (QED) is 0.666. The largest absolute Gasteiger partial charge is 0.466 e. The Labute approximate surface area is 155 Å². The Morgan fingerprint density at radius 3 is 2.52 bits per heavy atom. The third-order valence-electron chi connectivity index (χ3n) is 3.98. The summed E-state index contributed by atoms with van der Waals surface area (Å²) in [4.78, 5) is 12.5. The van der Waals surface area contributed by atoms with Gasteiger partial charge in [0, 0.05) is 29.6 Å². The number of fused-ring (bicyclic) bond motifs is 1. The van der Waals surface area contributed by atoms with E-state index >= 15 is 0 Å². The molecule has 2 heterocycles. The Hall–Kier alpha value is -2.67. The van der Waals surface area contributed by atoms with E-state index in [1.165, 1.54) is 16.9 Å². The van der Waals surface area contributed by atoms with Gasteiger partial charge in [0.1, 0.15) is 11.4 Å². The number of hydrogen-bond acceptors (Lipinski definition) is 4. The van der Waals surface area contributed by atoms with Gasteiger partial charge in [0.2, 0.25) is 0 Å². The minimum Gasteiger partial charge on any atom is -0.466 e. The van der Waals surface area contributed by atoms with Crippen LogP contribution < -0.4 is 0 Å². The zero-order chi connectivity index (χ0) is 20.0. The smallest absolute Gasteiger partial charge is 0.419 e. The summed E-state index contributed by atoms with van der Waals surface area (Å²) in [5.74, 6) is -3.58. The molecule has 3 aromatic rings.